The highest BCUT2D eigenvalue weighted by Crippen LogP contribution is 2.27. The highest BCUT2D eigenvalue weighted by molar-refractivity contribution is 5.91. The number of fused-ring (bicyclic) bond motifs is 1. The predicted molar refractivity (Wildman–Crippen MR) is 102 cm³/mol. The molecule has 0 aliphatic carbocycles. The SMILES string of the molecule is CNc1nc(N2CCC(N(C)C(C)=O)CC2)nc2cc(C)c(C)cc12. The van der Waals surface area contributed by atoms with Crippen LogP contribution >= 0.6 is 0 Å². The number of anilines is 2. The molecule has 25 heavy (non-hydrogen) atoms. The molecule has 0 saturated carbocycles. The molecule has 3 rings (SSSR count). The number of piperidine rings is 1. The van der Waals surface area contributed by atoms with Crippen molar-refractivity contribution in [3.63, 3.8) is 0 Å². The molecule has 2 heterocycles. The lowest BCUT2D eigenvalue weighted by atomic mass is 10.0. The van der Waals surface area contributed by atoms with E-state index in [4.69, 9.17) is 9.97 Å². The fourth-order valence-corrected chi connectivity index (χ4v) is 3.42. The van der Waals surface area contributed by atoms with Crippen molar-refractivity contribution < 1.29 is 4.79 Å². The van der Waals surface area contributed by atoms with Crippen molar-refractivity contribution in [2.24, 2.45) is 0 Å². The average molecular weight is 341 g/mol. The van der Waals surface area contributed by atoms with E-state index in [1.165, 1.54) is 11.1 Å². The number of amides is 1. The van der Waals surface area contributed by atoms with Crippen molar-refractivity contribution in [1.82, 2.24) is 14.9 Å². The second kappa shape index (κ2) is 6.86. The Hall–Kier alpha value is -2.37. The van der Waals surface area contributed by atoms with E-state index in [0.717, 1.165) is 48.6 Å². The number of aromatic nitrogens is 2. The molecule has 0 unspecified atom stereocenters. The van der Waals surface area contributed by atoms with E-state index >= 15 is 0 Å². The number of nitrogens with zero attached hydrogens (tertiary/aromatic N) is 4. The summed E-state index contributed by atoms with van der Waals surface area (Å²) in [5, 5.41) is 4.26. The molecule has 6 nitrogen and oxygen atoms in total. The van der Waals surface area contributed by atoms with Gasteiger partial charge in [-0.3, -0.25) is 4.79 Å². The van der Waals surface area contributed by atoms with Crippen LogP contribution in [-0.2, 0) is 4.79 Å². The molecule has 1 aliphatic rings. The van der Waals surface area contributed by atoms with Crippen molar-refractivity contribution in [3.05, 3.63) is 23.3 Å². The van der Waals surface area contributed by atoms with Crippen LogP contribution in [0.5, 0.6) is 0 Å². The summed E-state index contributed by atoms with van der Waals surface area (Å²) in [5.74, 6) is 1.76. The second-order valence-corrected chi connectivity index (χ2v) is 6.92. The topological polar surface area (TPSA) is 61.4 Å². The lowest BCUT2D eigenvalue weighted by Crippen LogP contribution is -2.45. The number of carbonyl (C=O) groups excluding carboxylic acids is 1. The fraction of sp³-hybridized carbons (Fsp3) is 0.526. The van der Waals surface area contributed by atoms with Crippen LogP contribution in [-0.4, -0.2) is 54.0 Å². The van der Waals surface area contributed by atoms with Crippen LogP contribution in [0.4, 0.5) is 11.8 Å². The van der Waals surface area contributed by atoms with E-state index in [-0.39, 0.29) is 5.91 Å². The van der Waals surface area contributed by atoms with Gasteiger partial charge in [0.05, 0.1) is 5.52 Å². The van der Waals surface area contributed by atoms with Crippen LogP contribution < -0.4 is 10.2 Å². The molecule has 1 aromatic carbocycles. The van der Waals surface area contributed by atoms with Crippen molar-refractivity contribution in [2.45, 2.75) is 39.7 Å². The Kier molecular flexibility index (Phi) is 4.79. The average Bonchev–Trinajstić information content (AvgIpc) is 2.61. The lowest BCUT2D eigenvalue weighted by Gasteiger charge is -2.36. The quantitative estimate of drug-likeness (QED) is 0.930. The minimum Gasteiger partial charge on any atom is -0.372 e. The molecule has 134 valence electrons. The summed E-state index contributed by atoms with van der Waals surface area (Å²) in [7, 11) is 3.79. The number of nitrogens with one attached hydrogen (secondary N) is 1. The Morgan fingerprint density at radius 1 is 1.20 bits per heavy atom. The van der Waals surface area contributed by atoms with Crippen molar-refractivity contribution in [1.29, 1.82) is 0 Å². The summed E-state index contributed by atoms with van der Waals surface area (Å²) < 4.78 is 0. The molecule has 1 aromatic heterocycles. The molecule has 1 fully saturated rings. The van der Waals surface area contributed by atoms with Crippen LogP contribution in [0.1, 0.15) is 30.9 Å². The summed E-state index contributed by atoms with van der Waals surface area (Å²) in [6, 6.07) is 4.59. The third-order valence-corrected chi connectivity index (χ3v) is 5.33. The Labute approximate surface area is 149 Å². The van der Waals surface area contributed by atoms with Crippen molar-refractivity contribution in [2.75, 3.05) is 37.4 Å². The molecule has 2 aromatic rings. The molecule has 1 saturated heterocycles. The number of hydrogen-bond acceptors (Lipinski definition) is 5. The molecule has 0 bridgehead atoms. The molecule has 1 N–H and O–H groups in total. The second-order valence-electron chi connectivity index (χ2n) is 6.92. The van der Waals surface area contributed by atoms with Crippen molar-refractivity contribution >= 4 is 28.6 Å². The van der Waals surface area contributed by atoms with Crippen LogP contribution in [0.25, 0.3) is 10.9 Å². The summed E-state index contributed by atoms with van der Waals surface area (Å²) in [5.41, 5.74) is 3.45. The van der Waals surface area contributed by atoms with E-state index in [1.807, 2.05) is 19.0 Å². The van der Waals surface area contributed by atoms with Gasteiger partial charge >= 0.3 is 0 Å². The van der Waals surface area contributed by atoms with Gasteiger partial charge in [-0.05, 0) is 49.9 Å². The smallest absolute Gasteiger partial charge is 0.227 e. The molecule has 0 spiro atoms. The first-order valence-electron chi connectivity index (χ1n) is 8.85. The molecule has 0 atom stereocenters. The molecular formula is C19H27N5O. The van der Waals surface area contributed by atoms with E-state index in [9.17, 15) is 4.79 Å². The largest absolute Gasteiger partial charge is 0.372 e. The highest BCUT2D eigenvalue weighted by atomic mass is 16.2. The Balaban J connectivity index is 1.87. The van der Waals surface area contributed by atoms with Crippen molar-refractivity contribution in [3.8, 4) is 0 Å². The third-order valence-electron chi connectivity index (χ3n) is 5.33. The predicted octanol–water partition coefficient (Wildman–Crippen LogP) is 2.74. The van der Waals surface area contributed by atoms with Gasteiger partial charge in [0.15, 0.2) is 0 Å². The summed E-state index contributed by atoms with van der Waals surface area (Å²) in [4.78, 5) is 25.2. The standard InChI is InChI=1S/C19H27N5O/c1-12-10-16-17(11-13(12)2)21-19(22-18(16)20-4)24-8-6-15(7-9-24)23(5)14(3)25/h10-11,15H,6-9H2,1-5H3,(H,20,21,22). The monoisotopic (exact) mass is 341 g/mol. The highest BCUT2D eigenvalue weighted by Gasteiger charge is 2.25. The van der Waals surface area contributed by atoms with Gasteiger partial charge in [0.1, 0.15) is 5.82 Å². The van der Waals surface area contributed by atoms with E-state index in [0.29, 0.717) is 6.04 Å². The maximum atomic E-state index is 11.6. The summed E-state index contributed by atoms with van der Waals surface area (Å²) in [6.07, 6.45) is 1.89. The maximum Gasteiger partial charge on any atom is 0.227 e. The maximum absolute atomic E-state index is 11.6. The van der Waals surface area contributed by atoms with Gasteiger partial charge in [0, 0.05) is 45.5 Å². The Morgan fingerprint density at radius 2 is 1.84 bits per heavy atom. The normalized spacial score (nSPS) is 15.5. The van der Waals surface area contributed by atoms with Crippen LogP contribution in [0.2, 0.25) is 0 Å². The van der Waals surface area contributed by atoms with Gasteiger partial charge in [-0.15, -0.1) is 0 Å². The Bertz CT molecular complexity index is 796. The van der Waals surface area contributed by atoms with Crippen LogP contribution in [0.15, 0.2) is 12.1 Å². The number of rotatable bonds is 3. The first-order chi connectivity index (χ1) is 11.9. The van der Waals surface area contributed by atoms with E-state index in [1.54, 1.807) is 6.92 Å². The zero-order valence-corrected chi connectivity index (χ0v) is 15.8. The molecule has 6 heteroatoms. The first-order valence-corrected chi connectivity index (χ1v) is 8.85. The molecule has 1 amide bonds. The van der Waals surface area contributed by atoms with Gasteiger partial charge in [0.2, 0.25) is 11.9 Å². The van der Waals surface area contributed by atoms with Crippen LogP contribution in [0.3, 0.4) is 0 Å². The van der Waals surface area contributed by atoms with Crippen LogP contribution in [0, 0.1) is 13.8 Å². The third kappa shape index (κ3) is 3.38. The number of benzene rings is 1. The van der Waals surface area contributed by atoms with E-state index in [2.05, 4.69) is 36.2 Å². The summed E-state index contributed by atoms with van der Waals surface area (Å²) in [6.45, 7) is 7.57. The number of carbonyl (C=O) groups is 1. The first kappa shape index (κ1) is 17.5. The van der Waals surface area contributed by atoms with Gasteiger partial charge in [0.25, 0.3) is 0 Å². The van der Waals surface area contributed by atoms with Gasteiger partial charge < -0.3 is 15.1 Å². The minimum absolute atomic E-state index is 0.128. The van der Waals surface area contributed by atoms with Gasteiger partial charge in [-0.25, -0.2) is 4.98 Å². The Morgan fingerprint density at radius 3 is 2.44 bits per heavy atom. The lowest BCUT2D eigenvalue weighted by molar-refractivity contribution is -0.129. The van der Waals surface area contributed by atoms with Gasteiger partial charge in [-0.1, -0.05) is 0 Å². The zero-order valence-electron chi connectivity index (χ0n) is 15.8. The van der Waals surface area contributed by atoms with E-state index < -0.39 is 0 Å². The molecule has 1 aliphatic heterocycles. The number of hydrogen-bond donors (Lipinski definition) is 1. The fourth-order valence-electron chi connectivity index (χ4n) is 3.42. The number of aryl methyl sites for hydroxylation is 2. The summed E-state index contributed by atoms with van der Waals surface area (Å²) >= 11 is 0. The molecular weight excluding hydrogens is 314 g/mol. The molecule has 0 radical (unpaired) electrons. The minimum atomic E-state index is 0.128. The van der Waals surface area contributed by atoms with Gasteiger partial charge in [-0.2, -0.15) is 4.98 Å². The zero-order chi connectivity index (χ0) is 18.1.